The number of rotatable bonds is 6. The first kappa shape index (κ1) is 33.7. The summed E-state index contributed by atoms with van der Waals surface area (Å²) in [6, 6.07) is 2.08. The SMILES string of the molecule is CC(C)c1nc2c(c(C3=CCC(F)(F)CC3)c1[C@@H](O)c1ccc(C(F)(F)F)cn1)[C@@H](O[Si](C)(C)C(C)(C)C)CC(C)(C)C2. The van der Waals surface area contributed by atoms with E-state index in [1.807, 2.05) is 13.8 Å². The zero-order chi connectivity index (χ0) is 32.3. The van der Waals surface area contributed by atoms with Crippen molar-refractivity contribution in [1.82, 2.24) is 9.97 Å². The van der Waals surface area contributed by atoms with Crippen molar-refractivity contribution < 1.29 is 31.5 Å². The van der Waals surface area contributed by atoms with Gasteiger partial charge < -0.3 is 9.53 Å². The normalized spacial score (nSPS) is 21.4. The van der Waals surface area contributed by atoms with Crippen LogP contribution in [-0.2, 0) is 17.0 Å². The summed E-state index contributed by atoms with van der Waals surface area (Å²) in [5.41, 5.74) is 2.96. The van der Waals surface area contributed by atoms with E-state index in [9.17, 15) is 27.1 Å². The molecule has 0 fully saturated rings. The highest BCUT2D eigenvalue weighted by Crippen LogP contribution is 2.52. The zero-order valence-corrected chi connectivity index (χ0v) is 27.7. The maximum absolute atomic E-state index is 14.4. The number of allylic oxidation sites excluding steroid dienone is 2. The minimum atomic E-state index is -4.57. The minimum Gasteiger partial charge on any atom is -0.410 e. The average Bonchev–Trinajstić information content (AvgIpc) is 2.85. The highest BCUT2D eigenvalue weighted by molar-refractivity contribution is 6.74. The molecule has 2 aromatic rings. The number of hydrogen-bond donors (Lipinski definition) is 1. The number of aliphatic hydroxyl groups excluding tert-OH is 1. The predicted molar refractivity (Wildman–Crippen MR) is 162 cm³/mol. The van der Waals surface area contributed by atoms with Crippen LogP contribution in [0.15, 0.2) is 24.4 Å². The molecule has 4 rings (SSSR count). The van der Waals surface area contributed by atoms with Gasteiger partial charge in [-0.05, 0) is 72.0 Å². The van der Waals surface area contributed by atoms with Gasteiger partial charge in [0.15, 0.2) is 8.32 Å². The Kier molecular flexibility index (Phi) is 8.88. The number of pyridine rings is 2. The van der Waals surface area contributed by atoms with Gasteiger partial charge in [-0.3, -0.25) is 9.97 Å². The van der Waals surface area contributed by atoms with Crippen LogP contribution in [0.4, 0.5) is 22.0 Å². The number of aromatic nitrogens is 2. The van der Waals surface area contributed by atoms with Gasteiger partial charge in [-0.25, -0.2) is 8.78 Å². The van der Waals surface area contributed by atoms with E-state index in [4.69, 9.17) is 9.41 Å². The Morgan fingerprint density at radius 2 is 1.74 bits per heavy atom. The molecule has 0 aromatic carbocycles. The highest BCUT2D eigenvalue weighted by Gasteiger charge is 2.46. The molecule has 0 saturated carbocycles. The van der Waals surface area contributed by atoms with Crippen molar-refractivity contribution in [3.8, 4) is 0 Å². The third-order valence-corrected chi connectivity index (χ3v) is 13.8. The second-order valence-electron chi connectivity index (χ2n) is 14.9. The van der Waals surface area contributed by atoms with Crippen LogP contribution in [0.25, 0.3) is 5.57 Å². The topological polar surface area (TPSA) is 55.2 Å². The maximum Gasteiger partial charge on any atom is 0.417 e. The highest BCUT2D eigenvalue weighted by atomic mass is 28.4. The lowest BCUT2D eigenvalue weighted by molar-refractivity contribution is -0.137. The van der Waals surface area contributed by atoms with Crippen LogP contribution >= 0.6 is 0 Å². The van der Waals surface area contributed by atoms with Gasteiger partial charge in [0.25, 0.3) is 5.92 Å². The van der Waals surface area contributed by atoms with Gasteiger partial charge in [-0.15, -0.1) is 0 Å². The predicted octanol–water partition coefficient (Wildman–Crippen LogP) is 9.94. The Hall–Kier alpha value is -2.17. The number of fused-ring (bicyclic) bond motifs is 1. The molecule has 43 heavy (non-hydrogen) atoms. The Morgan fingerprint density at radius 3 is 2.23 bits per heavy atom. The summed E-state index contributed by atoms with van der Waals surface area (Å²) in [5.74, 6) is -3.00. The monoisotopic (exact) mass is 624 g/mol. The van der Waals surface area contributed by atoms with Crippen molar-refractivity contribution in [2.45, 2.75) is 129 Å². The van der Waals surface area contributed by atoms with E-state index in [1.54, 1.807) is 6.08 Å². The Morgan fingerprint density at radius 1 is 1.09 bits per heavy atom. The third-order valence-electron chi connectivity index (χ3n) is 9.27. The van der Waals surface area contributed by atoms with Crippen LogP contribution in [0.2, 0.25) is 18.1 Å². The van der Waals surface area contributed by atoms with Gasteiger partial charge in [0, 0.05) is 35.9 Å². The van der Waals surface area contributed by atoms with Crippen LogP contribution in [-0.4, -0.2) is 29.3 Å². The molecular formula is C33H45F5N2O2Si. The number of hydrogen-bond acceptors (Lipinski definition) is 4. The second kappa shape index (κ2) is 11.3. The van der Waals surface area contributed by atoms with E-state index >= 15 is 0 Å². The first-order valence-electron chi connectivity index (χ1n) is 15.1. The van der Waals surface area contributed by atoms with Gasteiger partial charge in [0.2, 0.25) is 0 Å². The first-order chi connectivity index (χ1) is 19.5. The molecule has 4 nitrogen and oxygen atoms in total. The summed E-state index contributed by atoms with van der Waals surface area (Å²) in [6.07, 6.45) is -3.45. The number of nitrogens with zero attached hydrogens (tertiary/aromatic N) is 2. The minimum absolute atomic E-state index is 0.0395. The van der Waals surface area contributed by atoms with Gasteiger partial charge in [0.1, 0.15) is 6.10 Å². The smallest absolute Gasteiger partial charge is 0.410 e. The van der Waals surface area contributed by atoms with E-state index in [1.165, 1.54) is 6.07 Å². The molecule has 0 amide bonds. The molecular weight excluding hydrogens is 579 g/mol. The van der Waals surface area contributed by atoms with Crippen molar-refractivity contribution in [2.24, 2.45) is 5.41 Å². The summed E-state index contributed by atoms with van der Waals surface area (Å²) in [6.45, 7) is 19.0. The fraction of sp³-hybridized carbons (Fsp3) is 0.636. The molecule has 2 aliphatic carbocycles. The van der Waals surface area contributed by atoms with Crippen LogP contribution in [0.5, 0.6) is 0 Å². The lowest BCUT2D eigenvalue weighted by atomic mass is 9.70. The molecule has 0 unspecified atom stereocenters. The molecule has 2 aromatic heterocycles. The molecule has 0 radical (unpaired) electrons. The zero-order valence-electron chi connectivity index (χ0n) is 26.7. The molecule has 10 heteroatoms. The summed E-state index contributed by atoms with van der Waals surface area (Å²) in [4.78, 5) is 9.15. The number of alkyl halides is 5. The van der Waals surface area contributed by atoms with Crippen LogP contribution < -0.4 is 0 Å². The summed E-state index contributed by atoms with van der Waals surface area (Å²) in [7, 11) is -2.34. The van der Waals surface area contributed by atoms with E-state index in [0.29, 0.717) is 41.4 Å². The van der Waals surface area contributed by atoms with Gasteiger partial charge in [0.05, 0.1) is 23.1 Å². The summed E-state index contributed by atoms with van der Waals surface area (Å²) in [5, 5.41) is 11.8. The first-order valence-corrected chi connectivity index (χ1v) is 18.0. The summed E-state index contributed by atoms with van der Waals surface area (Å²) < 4.78 is 75.8. The lowest BCUT2D eigenvalue weighted by Crippen LogP contribution is -2.44. The van der Waals surface area contributed by atoms with Gasteiger partial charge >= 0.3 is 6.18 Å². The van der Waals surface area contributed by atoms with E-state index in [0.717, 1.165) is 17.3 Å². The molecule has 0 bridgehead atoms. The Labute approximate surface area is 253 Å². The van der Waals surface area contributed by atoms with Crippen LogP contribution in [0.3, 0.4) is 0 Å². The Bertz CT molecular complexity index is 1380. The second-order valence-corrected chi connectivity index (χ2v) is 19.6. The molecule has 0 spiro atoms. The standard InChI is InChI=1S/C33H45F5N2O2Si/c1-19(2)28-27(29(41)22-11-10-21(18-39-22)33(36,37)38)25(20-12-14-32(34,35)15-13-20)26-23(40-28)16-31(6,7)17-24(26)42-43(8,9)30(3,4)5/h10-12,18-19,24,29,41H,13-17H2,1-9H3/t24-,29-/m0/s1. The maximum atomic E-state index is 14.4. The van der Waals surface area contributed by atoms with E-state index in [-0.39, 0.29) is 34.9 Å². The number of aliphatic hydroxyl groups is 1. The van der Waals surface area contributed by atoms with Crippen molar-refractivity contribution in [2.75, 3.05) is 0 Å². The lowest BCUT2D eigenvalue weighted by Gasteiger charge is -2.45. The molecule has 2 heterocycles. The largest absolute Gasteiger partial charge is 0.417 e. The fourth-order valence-corrected chi connectivity index (χ4v) is 7.16. The average molecular weight is 625 g/mol. The van der Waals surface area contributed by atoms with E-state index in [2.05, 4.69) is 52.7 Å². The fourth-order valence-electron chi connectivity index (χ4n) is 5.89. The molecule has 2 atom stereocenters. The van der Waals surface area contributed by atoms with Crippen molar-refractivity contribution in [3.05, 3.63) is 63.7 Å². The van der Waals surface area contributed by atoms with Crippen molar-refractivity contribution in [3.63, 3.8) is 0 Å². The van der Waals surface area contributed by atoms with Crippen molar-refractivity contribution in [1.29, 1.82) is 0 Å². The van der Waals surface area contributed by atoms with Crippen molar-refractivity contribution >= 4 is 13.9 Å². The van der Waals surface area contributed by atoms with E-state index < -0.39 is 44.6 Å². The summed E-state index contributed by atoms with van der Waals surface area (Å²) >= 11 is 0. The quantitative estimate of drug-likeness (QED) is 0.257. The van der Waals surface area contributed by atoms with Crippen LogP contribution in [0, 0.1) is 5.41 Å². The molecule has 0 saturated heterocycles. The number of halogens is 5. The molecule has 238 valence electrons. The molecule has 2 aliphatic rings. The van der Waals surface area contributed by atoms with Gasteiger partial charge in [-0.1, -0.05) is 54.5 Å². The van der Waals surface area contributed by atoms with Gasteiger partial charge in [-0.2, -0.15) is 13.2 Å². The third kappa shape index (κ3) is 7.06. The Balaban J connectivity index is 2.03. The molecule has 1 N–H and O–H groups in total. The van der Waals surface area contributed by atoms with Crippen LogP contribution in [0.1, 0.15) is 132 Å². The molecule has 0 aliphatic heterocycles.